The lowest BCUT2D eigenvalue weighted by molar-refractivity contribution is -0.702. The Labute approximate surface area is 152 Å². The van der Waals surface area contributed by atoms with E-state index in [2.05, 4.69) is 10.9 Å². The Balaban J connectivity index is 1.46. The van der Waals surface area contributed by atoms with Crippen LogP contribution in [0.25, 0.3) is 0 Å². The summed E-state index contributed by atoms with van der Waals surface area (Å²) in [7, 11) is 0. The number of carbonyl (C=O) groups excluding carboxylic acids is 1. The summed E-state index contributed by atoms with van der Waals surface area (Å²) in [6.07, 6.45) is 3.65. The van der Waals surface area contributed by atoms with Crippen molar-refractivity contribution in [2.45, 2.75) is 13.3 Å². The molecule has 4 N–H and O–H groups in total. The third-order valence-electron chi connectivity index (χ3n) is 3.75. The number of benzene rings is 2. The molecule has 132 valence electrons. The van der Waals surface area contributed by atoms with Gasteiger partial charge < -0.3 is 10.5 Å². The van der Waals surface area contributed by atoms with Crippen LogP contribution in [0.3, 0.4) is 0 Å². The molecule has 0 atom stereocenters. The minimum absolute atomic E-state index is 0.212. The maximum atomic E-state index is 12.1. The van der Waals surface area contributed by atoms with Crippen molar-refractivity contribution in [3.05, 3.63) is 90.3 Å². The molecule has 0 aliphatic rings. The maximum absolute atomic E-state index is 12.1. The molecule has 26 heavy (non-hydrogen) atoms. The molecule has 0 saturated carbocycles. The number of rotatable bonds is 7. The number of nitrogens with one attached hydrogen (secondary N) is 2. The lowest BCUT2D eigenvalue weighted by Gasteiger charge is -2.08. The highest BCUT2D eigenvalue weighted by Gasteiger charge is 2.06. The van der Waals surface area contributed by atoms with Gasteiger partial charge in [0.2, 0.25) is 6.67 Å². The van der Waals surface area contributed by atoms with Crippen molar-refractivity contribution in [2.75, 3.05) is 5.73 Å². The Bertz CT molecular complexity index is 834. The molecule has 0 aliphatic carbocycles. The Morgan fingerprint density at radius 1 is 0.962 bits per heavy atom. The van der Waals surface area contributed by atoms with Crippen LogP contribution < -0.4 is 25.9 Å². The van der Waals surface area contributed by atoms with Gasteiger partial charge in [0.15, 0.2) is 12.4 Å². The van der Waals surface area contributed by atoms with E-state index in [9.17, 15) is 4.79 Å². The number of nitrogens with zero attached hydrogens (tertiary/aromatic N) is 1. The standard InChI is InChI=1S/C20H20N4O2/c21-18-10-12-24(13-11-18)15-22-23-20(25)17-6-8-19(9-7-17)26-14-16-4-2-1-3-5-16/h1-13,21-22H,14-15H2,(H,23,25)/p+1. The van der Waals surface area contributed by atoms with Crippen LogP contribution in [0.15, 0.2) is 79.1 Å². The lowest BCUT2D eigenvalue weighted by atomic mass is 10.2. The van der Waals surface area contributed by atoms with Crippen LogP contribution in [0.5, 0.6) is 5.75 Å². The Hall–Kier alpha value is -3.38. The summed E-state index contributed by atoms with van der Waals surface area (Å²) >= 11 is 0. The SMILES string of the molecule is Nc1cc[n+](CNNC(=O)c2ccc(OCc3ccccc3)cc2)cc1. The monoisotopic (exact) mass is 349 g/mol. The maximum Gasteiger partial charge on any atom is 0.265 e. The van der Waals surface area contributed by atoms with E-state index in [1.54, 1.807) is 36.4 Å². The molecule has 1 amide bonds. The first kappa shape index (κ1) is 17.4. The molecule has 1 heterocycles. The second-order valence-corrected chi connectivity index (χ2v) is 5.73. The van der Waals surface area contributed by atoms with Gasteiger partial charge in [0, 0.05) is 23.4 Å². The molecule has 0 fully saturated rings. The Morgan fingerprint density at radius 2 is 1.65 bits per heavy atom. The lowest BCUT2D eigenvalue weighted by Crippen LogP contribution is -2.48. The van der Waals surface area contributed by atoms with Gasteiger partial charge >= 0.3 is 0 Å². The average Bonchev–Trinajstić information content (AvgIpc) is 2.69. The highest BCUT2D eigenvalue weighted by Crippen LogP contribution is 2.14. The molecular weight excluding hydrogens is 328 g/mol. The highest BCUT2D eigenvalue weighted by atomic mass is 16.5. The van der Waals surface area contributed by atoms with Gasteiger partial charge in [-0.2, -0.15) is 9.99 Å². The molecule has 1 aromatic heterocycles. The fourth-order valence-electron chi connectivity index (χ4n) is 2.30. The molecule has 6 nitrogen and oxygen atoms in total. The van der Waals surface area contributed by atoms with Crippen LogP contribution >= 0.6 is 0 Å². The van der Waals surface area contributed by atoms with E-state index in [1.165, 1.54) is 0 Å². The molecule has 6 heteroatoms. The van der Waals surface area contributed by atoms with E-state index in [0.29, 0.717) is 24.5 Å². The summed E-state index contributed by atoms with van der Waals surface area (Å²) in [4.78, 5) is 12.1. The number of pyridine rings is 1. The Kier molecular flexibility index (Phi) is 5.80. The summed E-state index contributed by atoms with van der Waals surface area (Å²) in [6, 6.07) is 20.5. The second kappa shape index (κ2) is 8.64. The zero-order valence-corrected chi connectivity index (χ0v) is 14.3. The van der Waals surface area contributed by atoms with Crippen molar-refractivity contribution >= 4 is 11.6 Å². The fourth-order valence-corrected chi connectivity index (χ4v) is 2.30. The molecule has 2 aromatic carbocycles. The third-order valence-corrected chi connectivity index (χ3v) is 3.75. The van der Waals surface area contributed by atoms with Gasteiger partial charge in [-0.1, -0.05) is 30.3 Å². The van der Waals surface area contributed by atoms with Crippen LogP contribution in [0, 0.1) is 0 Å². The number of aromatic nitrogens is 1. The van der Waals surface area contributed by atoms with Crippen LogP contribution in [-0.2, 0) is 13.3 Å². The molecule has 0 spiro atoms. The van der Waals surface area contributed by atoms with Gasteiger partial charge in [0.25, 0.3) is 5.91 Å². The Morgan fingerprint density at radius 3 is 2.35 bits per heavy atom. The zero-order valence-electron chi connectivity index (χ0n) is 14.3. The van der Waals surface area contributed by atoms with Crippen molar-refractivity contribution in [1.29, 1.82) is 0 Å². The van der Waals surface area contributed by atoms with Crippen LogP contribution in [-0.4, -0.2) is 5.91 Å². The van der Waals surface area contributed by atoms with Crippen molar-refractivity contribution < 1.29 is 14.1 Å². The summed E-state index contributed by atoms with van der Waals surface area (Å²) < 4.78 is 7.57. The van der Waals surface area contributed by atoms with Gasteiger partial charge in [-0.3, -0.25) is 10.2 Å². The van der Waals surface area contributed by atoms with Gasteiger partial charge in [0.05, 0.1) is 0 Å². The van der Waals surface area contributed by atoms with Gasteiger partial charge in [-0.25, -0.2) is 0 Å². The number of nitrogen functional groups attached to an aromatic ring is 1. The first-order valence-electron chi connectivity index (χ1n) is 8.25. The smallest absolute Gasteiger partial charge is 0.265 e. The molecule has 0 aliphatic heterocycles. The molecule has 3 aromatic rings. The van der Waals surface area contributed by atoms with Gasteiger partial charge in [0.1, 0.15) is 12.4 Å². The number of nitrogens with two attached hydrogens (primary N) is 1. The summed E-state index contributed by atoms with van der Waals surface area (Å²) in [6.45, 7) is 0.928. The van der Waals surface area contributed by atoms with Crippen LogP contribution in [0.1, 0.15) is 15.9 Å². The van der Waals surface area contributed by atoms with Gasteiger partial charge in [-0.15, -0.1) is 0 Å². The van der Waals surface area contributed by atoms with Gasteiger partial charge in [-0.05, 0) is 29.8 Å². The molecular formula is C20H21N4O2+. The number of hydrazine groups is 1. The fraction of sp³-hybridized carbons (Fsp3) is 0.100. The van der Waals surface area contributed by atoms with E-state index >= 15 is 0 Å². The van der Waals surface area contributed by atoms with Crippen molar-refractivity contribution in [3.8, 4) is 5.75 Å². The summed E-state index contributed by atoms with van der Waals surface area (Å²) in [5.74, 6) is 0.506. The van der Waals surface area contributed by atoms with Crippen molar-refractivity contribution in [3.63, 3.8) is 0 Å². The molecule has 0 saturated heterocycles. The van der Waals surface area contributed by atoms with E-state index in [0.717, 1.165) is 11.3 Å². The van der Waals surface area contributed by atoms with E-state index in [-0.39, 0.29) is 5.91 Å². The number of hydrogen-bond acceptors (Lipinski definition) is 4. The second-order valence-electron chi connectivity index (χ2n) is 5.73. The zero-order chi connectivity index (χ0) is 18.2. The van der Waals surface area contributed by atoms with E-state index in [4.69, 9.17) is 10.5 Å². The predicted octanol–water partition coefficient (Wildman–Crippen LogP) is 2.03. The number of carbonyl (C=O) groups is 1. The number of hydrogen-bond donors (Lipinski definition) is 3. The summed E-state index contributed by atoms with van der Waals surface area (Å²) in [5.41, 5.74) is 13.5. The minimum atomic E-state index is -0.212. The minimum Gasteiger partial charge on any atom is -0.489 e. The van der Waals surface area contributed by atoms with Crippen molar-refractivity contribution in [2.24, 2.45) is 0 Å². The average molecular weight is 349 g/mol. The molecule has 0 radical (unpaired) electrons. The largest absolute Gasteiger partial charge is 0.489 e. The van der Waals surface area contributed by atoms with Crippen molar-refractivity contribution in [1.82, 2.24) is 10.9 Å². The normalized spacial score (nSPS) is 10.3. The van der Waals surface area contributed by atoms with Crippen LogP contribution in [0.2, 0.25) is 0 Å². The van der Waals surface area contributed by atoms with E-state index < -0.39 is 0 Å². The number of anilines is 1. The van der Waals surface area contributed by atoms with Crippen LogP contribution in [0.4, 0.5) is 5.69 Å². The predicted molar refractivity (Wildman–Crippen MR) is 98.9 cm³/mol. The molecule has 0 unspecified atom stereocenters. The first-order valence-corrected chi connectivity index (χ1v) is 8.25. The number of ether oxygens (including phenoxy) is 1. The molecule has 3 rings (SSSR count). The van der Waals surface area contributed by atoms with E-state index in [1.807, 2.05) is 47.3 Å². The number of amides is 1. The topological polar surface area (TPSA) is 80.3 Å². The summed E-state index contributed by atoms with van der Waals surface area (Å²) in [5, 5.41) is 0. The first-order chi connectivity index (χ1) is 12.7. The quantitative estimate of drug-likeness (QED) is 0.450. The third kappa shape index (κ3) is 5.06. The highest BCUT2D eigenvalue weighted by molar-refractivity contribution is 5.93. The molecule has 0 bridgehead atoms.